The Labute approximate surface area is 160 Å². The number of hydrogen-bond acceptors (Lipinski definition) is 6. The number of aromatic nitrogens is 2. The van der Waals surface area contributed by atoms with Crippen LogP contribution in [-0.2, 0) is 16.0 Å². The zero-order valence-corrected chi connectivity index (χ0v) is 16.0. The van der Waals surface area contributed by atoms with E-state index in [0.717, 1.165) is 10.7 Å². The van der Waals surface area contributed by atoms with Crippen molar-refractivity contribution >= 4 is 17.7 Å². The molecule has 1 aromatic carbocycles. The smallest absolute Gasteiger partial charge is 0.359 e. The summed E-state index contributed by atoms with van der Waals surface area (Å²) in [5.41, 5.74) is -0.552. The van der Waals surface area contributed by atoms with Gasteiger partial charge in [-0.15, -0.1) is 0 Å². The largest absolute Gasteiger partial charge is 0.461 e. The maximum absolute atomic E-state index is 14.1. The van der Waals surface area contributed by atoms with Gasteiger partial charge in [0.2, 0.25) is 0 Å². The third-order valence-electron chi connectivity index (χ3n) is 4.00. The lowest BCUT2D eigenvalue weighted by molar-refractivity contribution is 0.0505. The van der Waals surface area contributed by atoms with Gasteiger partial charge in [0.1, 0.15) is 6.54 Å². The van der Waals surface area contributed by atoms with Crippen LogP contribution in [0.25, 0.3) is 0 Å². The minimum Gasteiger partial charge on any atom is -0.461 e. The molecule has 0 N–H and O–H groups in total. The quantitative estimate of drug-likeness (QED) is 0.530. The summed E-state index contributed by atoms with van der Waals surface area (Å²) in [5, 5.41) is 3.97. The first-order valence-corrected chi connectivity index (χ1v) is 8.62. The van der Waals surface area contributed by atoms with E-state index in [-0.39, 0.29) is 35.7 Å². The van der Waals surface area contributed by atoms with Crippen LogP contribution in [-0.4, -0.2) is 40.7 Å². The molecule has 0 fully saturated rings. The number of Topliss-reactive ketones (excluding diaryl/α,β-unsaturated/α-hetero) is 1. The van der Waals surface area contributed by atoms with Crippen LogP contribution in [0.1, 0.15) is 56.3 Å². The van der Waals surface area contributed by atoms with E-state index < -0.39 is 41.5 Å². The van der Waals surface area contributed by atoms with Crippen LogP contribution in [0.2, 0.25) is 0 Å². The van der Waals surface area contributed by atoms with Gasteiger partial charge in [-0.2, -0.15) is 5.10 Å². The van der Waals surface area contributed by atoms with E-state index in [2.05, 4.69) is 5.10 Å². The van der Waals surface area contributed by atoms with Crippen molar-refractivity contribution in [2.45, 2.75) is 34.2 Å². The van der Waals surface area contributed by atoms with Gasteiger partial charge < -0.3 is 9.47 Å². The number of carbonyl (C=O) groups is 3. The van der Waals surface area contributed by atoms with E-state index >= 15 is 0 Å². The lowest BCUT2D eigenvalue weighted by atomic mass is 10.1. The lowest BCUT2D eigenvalue weighted by Gasteiger charge is -2.09. The average molecular weight is 394 g/mol. The summed E-state index contributed by atoms with van der Waals surface area (Å²) in [5.74, 6) is -4.80. The molecular formula is C19H20F2N2O5. The number of nitrogens with zero attached hydrogens (tertiary/aromatic N) is 2. The average Bonchev–Trinajstić information content (AvgIpc) is 2.96. The second kappa shape index (κ2) is 8.73. The number of benzene rings is 1. The molecule has 150 valence electrons. The van der Waals surface area contributed by atoms with Crippen LogP contribution in [0, 0.1) is 25.5 Å². The third kappa shape index (κ3) is 4.08. The van der Waals surface area contributed by atoms with Crippen molar-refractivity contribution in [3.05, 3.63) is 51.8 Å². The van der Waals surface area contributed by atoms with Gasteiger partial charge in [0.25, 0.3) is 0 Å². The van der Waals surface area contributed by atoms with E-state index in [1.54, 1.807) is 13.8 Å². The maximum atomic E-state index is 14.1. The predicted octanol–water partition coefficient (Wildman–Crippen LogP) is 3.01. The highest BCUT2D eigenvalue weighted by Gasteiger charge is 2.28. The Morgan fingerprint density at radius 3 is 2.21 bits per heavy atom. The molecule has 0 radical (unpaired) electrons. The number of halogens is 2. The number of esters is 2. The Kier molecular flexibility index (Phi) is 6.61. The molecule has 28 heavy (non-hydrogen) atoms. The fourth-order valence-electron chi connectivity index (χ4n) is 2.60. The first-order valence-electron chi connectivity index (χ1n) is 8.62. The van der Waals surface area contributed by atoms with Crippen molar-refractivity contribution in [2.75, 3.05) is 13.2 Å². The highest BCUT2D eigenvalue weighted by atomic mass is 19.2. The molecule has 0 spiro atoms. The standard InChI is InChI=1S/C19H20F2N2O5/c1-5-27-18(25)16-11(4)17(19(26)28-6-2)23(22-16)9-13(24)12-8-7-10(3)14(20)15(12)21/h7-8H,5-6,9H2,1-4H3. The van der Waals surface area contributed by atoms with Crippen molar-refractivity contribution < 1.29 is 32.6 Å². The van der Waals surface area contributed by atoms with Crippen molar-refractivity contribution in [3.8, 4) is 0 Å². The summed E-state index contributed by atoms with van der Waals surface area (Å²) >= 11 is 0. The molecule has 0 aliphatic carbocycles. The van der Waals surface area contributed by atoms with Gasteiger partial charge in [-0.25, -0.2) is 23.1 Å². The Morgan fingerprint density at radius 1 is 1.00 bits per heavy atom. The molecule has 0 atom stereocenters. The van der Waals surface area contributed by atoms with Crippen LogP contribution in [0.4, 0.5) is 8.78 Å². The molecule has 0 bridgehead atoms. The summed E-state index contributed by atoms with van der Waals surface area (Å²) in [7, 11) is 0. The number of hydrogen-bond donors (Lipinski definition) is 0. The monoisotopic (exact) mass is 394 g/mol. The van der Waals surface area contributed by atoms with Crippen LogP contribution in [0.15, 0.2) is 12.1 Å². The van der Waals surface area contributed by atoms with Crippen LogP contribution in [0.3, 0.4) is 0 Å². The van der Waals surface area contributed by atoms with Crippen LogP contribution in [0.5, 0.6) is 0 Å². The molecule has 2 rings (SSSR count). The fourth-order valence-corrected chi connectivity index (χ4v) is 2.60. The molecule has 0 aliphatic heterocycles. The summed E-state index contributed by atoms with van der Waals surface area (Å²) in [6.07, 6.45) is 0. The number of ketones is 1. The summed E-state index contributed by atoms with van der Waals surface area (Å²) in [6.45, 7) is 5.58. The zero-order chi connectivity index (χ0) is 21.0. The molecule has 2 aromatic rings. The molecule has 0 unspecified atom stereocenters. The van der Waals surface area contributed by atoms with Gasteiger partial charge in [0.05, 0.1) is 18.8 Å². The molecule has 0 amide bonds. The highest BCUT2D eigenvalue weighted by molar-refractivity contribution is 5.99. The maximum Gasteiger partial charge on any atom is 0.359 e. The predicted molar refractivity (Wildman–Crippen MR) is 94.3 cm³/mol. The highest BCUT2D eigenvalue weighted by Crippen LogP contribution is 2.20. The molecule has 1 aromatic heterocycles. The first-order chi connectivity index (χ1) is 13.2. The molecule has 0 saturated heterocycles. The minimum atomic E-state index is -1.28. The van der Waals surface area contributed by atoms with Gasteiger partial charge >= 0.3 is 11.9 Å². The fraction of sp³-hybridized carbons (Fsp3) is 0.368. The van der Waals surface area contributed by atoms with Crippen molar-refractivity contribution in [3.63, 3.8) is 0 Å². The Morgan fingerprint density at radius 2 is 1.61 bits per heavy atom. The van der Waals surface area contributed by atoms with E-state index in [1.807, 2.05) is 0 Å². The van der Waals surface area contributed by atoms with Gasteiger partial charge in [-0.1, -0.05) is 6.07 Å². The number of ether oxygens (including phenoxy) is 2. The SMILES string of the molecule is CCOC(=O)c1nn(CC(=O)c2ccc(C)c(F)c2F)c(C(=O)OCC)c1C. The molecule has 1 heterocycles. The second-order valence-electron chi connectivity index (χ2n) is 5.90. The van der Waals surface area contributed by atoms with Gasteiger partial charge in [0, 0.05) is 5.56 Å². The Hall–Kier alpha value is -3.10. The third-order valence-corrected chi connectivity index (χ3v) is 4.00. The van der Waals surface area contributed by atoms with Gasteiger partial charge in [-0.05, 0) is 39.3 Å². The molecule has 7 nitrogen and oxygen atoms in total. The van der Waals surface area contributed by atoms with Crippen molar-refractivity contribution in [1.82, 2.24) is 9.78 Å². The summed E-state index contributed by atoms with van der Waals surface area (Å²) < 4.78 is 38.7. The van der Waals surface area contributed by atoms with Crippen molar-refractivity contribution in [2.24, 2.45) is 0 Å². The Bertz CT molecular complexity index is 937. The van der Waals surface area contributed by atoms with Gasteiger partial charge in [0.15, 0.2) is 28.8 Å². The topological polar surface area (TPSA) is 87.5 Å². The Balaban J connectivity index is 2.47. The minimum absolute atomic E-state index is 0.0563. The molecule has 9 heteroatoms. The first kappa shape index (κ1) is 21.2. The van der Waals surface area contributed by atoms with Crippen LogP contribution < -0.4 is 0 Å². The van der Waals surface area contributed by atoms with E-state index in [9.17, 15) is 23.2 Å². The van der Waals surface area contributed by atoms with E-state index in [0.29, 0.717) is 0 Å². The number of carbonyl (C=O) groups excluding carboxylic acids is 3. The summed E-state index contributed by atoms with van der Waals surface area (Å²) in [6, 6.07) is 2.43. The van der Waals surface area contributed by atoms with E-state index in [1.165, 1.54) is 19.9 Å². The normalized spacial score (nSPS) is 10.6. The lowest BCUT2D eigenvalue weighted by Crippen LogP contribution is -2.20. The van der Waals surface area contributed by atoms with Crippen molar-refractivity contribution in [1.29, 1.82) is 0 Å². The van der Waals surface area contributed by atoms with Crippen LogP contribution >= 0.6 is 0 Å². The summed E-state index contributed by atoms with van der Waals surface area (Å²) in [4.78, 5) is 36.9. The van der Waals surface area contributed by atoms with E-state index in [4.69, 9.17) is 9.47 Å². The number of aryl methyl sites for hydroxylation is 1. The molecule has 0 saturated carbocycles. The zero-order valence-electron chi connectivity index (χ0n) is 16.0. The second-order valence-corrected chi connectivity index (χ2v) is 5.90. The molecular weight excluding hydrogens is 374 g/mol. The van der Waals surface area contributed by atoms with Gasteiger partial charge in [-0.3, -0.25) is 4.79 Å². The molecule has 0 aliphatic rings. The number of rotatable bonds is 7.